The maximum absolute atomic E-state index is 13.9. The predicted octanol–water partition coefficient (Wildman–Crippen LogP) is 6.83. The van der Waals surface area contributed by atoms with Crippen molar-refractivity contribution in [3.8, 4) is 34.0 Å². The van der Waals surface area contributed by atoms with Gasteiger partial charge < -0.3 is 15.1 Å². The fourth-order valence-electron chi connectivity index (χ4n) is 4.84. The zero-order chi connectivity index (χ0) is 28.4. The Morgan fingerprint density at radius 2 is 1.57 bits per heavy atom. The summed E-state index contributed by atoms with van der Waals surface area (Å²) in [6.45, 7) is 6.15. The lowest BCUT2D eigenvalue weighted by Gasteiger charge is -2.27. The number of nitrogens with zero attached hydrogens (tertiary/aromatic N) is 3. The van der Waals surface area contributed by atoms with Gasteiger partial charge in [0.25, 0.3) is 0 Å². The summed E-state index contributed by atoms with van der Waals surface area (Å²) in [5.74, 6) is -1.33. The molecule has 0 aliphatic carbocycles. The van der Waals surface area contributed by atoms with Gasteiger partial charge in [0, 0.05) is 30.2 Å². The van der Waals surface area contributed by atoms with Gasteiger partial charge in [0.1, 0.15) is 11.4 Å². The van der Waals surface area contributed by atoms with E-state index in [0.717, 1.165) is 27.9 Å². The Bertz CT molecular complexity index is 1790. The molecule has 0 unspecified atom stereocenters. The second-order valence-electron chi connectivity index (χ2n) is 9.48. The number of benzene rings is 3. The molecule has 5 rings (SSSR count). The first-order valence-corrected chi connectivity index (χ1v) is 14.3. The van der Waals surface area contributed by atoms with E-state index in [-0.39, 0.29) is 16.3 Å². The fraction of sp³-hybridized carbons (Fsp3) is 0.125. The van der Waals surface area contributed by atoms with Crippen molar-refractivity contribution in [3.63, 3.8) is 0 Å². The van der Waals surface area contributed by atoms with Crippen LogP contribution in [0.4, 0.5) is 11.4 Å². The molecule has 7 nitrogen and oxygen atoms in total. The molecule has 0 aliphatic rings. The molecule has 2 aromatic heterocycles. The number of para-hydroxylation sites is 1. The van der Waals surface area contributed by atoms with Crippen LogP contribution in [0.25, 0.3) is 22.4 Å². The lowest BCUT2D eigenvalue weighted by molar-refractivity contribution is 0.409. The molecule has 2 N–H and O–H groups in total. The lowest BCUT2D eigenvalue weighted by Crippen LogP contribution is -2.19. The highest BCUT2D eigenvalue weighted by atomic mass is 32.2. The van der Waals surface area contributed by atoms with E-state index in [1.54, 1.807) is 29.4 Å². The molecule has 0 aliphatic heterocycles. The maximum Gasteiger partial charge on any atom is 0.235 e. The molecule has 0 radical (unpaired) electrons. The highest BCUT2D eigenvalue weighted by molar-refractivity contribution is 7.91. The number of aryl methyl sites for hydroxylation is 2. The van der Waals surface area contributed by atoms with E-state index in [1.165, 1.54) is 12.1 Å². The Morgan fingerprint density at radius 3 is 2.23 bits per heavy atom. The number of anilines is 2. The van der Waals surface area contributed by atoms with E-state index in [1.807, 2.05) is 81.4 Å². The summed E-state index contributed by atoms with van der Waals surface area (Å²) in [5.41, 5.74) is 5.49. The average molecular weight is 552 g/mol. The summed E-state index contributed by atoms with van der Waals surface area (Å²) < 4.78 is 27.8. The van der Waals surface area contributed by atoms with Gasteiger partial charge in [0.2, 0.25) is 15.7 Å². The van der Waals surface area contributed by atoms with Gasteiger partial charge in [-0.25, -0.2) is 13.4 Å². The van der Waals surface area contributed by atoms with Crippen LogP contribution in [0.15, 0.2) is 107 Å². The van der Waals surface area contributed by atoms with Crippen molar-refractivity contribution in [2.45, 2.75) is 30.6 Å². The molecule has 40 heavy (non-hydrogen) atoms. The number of hydrogen-bond acceptors (Lipinski definition) is 7. The summed E-state index contributed by atoms with van der Waals surface area (Å²) in [6, 6.07) is 25.0. The van der Waals surface area contributed by atoms with E-state index in [0.29, 0.717) is 12.1 Å². The molecule has 0 spiro atoms. The Morgan fingerprint density at radius 1 is 0.850 bits per heavy atom. The summed E-state index contributed by atoms with van der Waals surface area (Å²) in [7, 11) is -4.36. The first-order chi connectivity index (χ1) is 19.2. The SMILES string of the molecule is CCN(c1ccccc1)c1c(-c2cccc(C)c2)nc(O)c(S(=O)(=O)c2ccc(-c3ccncc3C)cc2)c1O. The largest absolute Gasteiger partial charge is 0.504 e. The summed E-state index contributed by atoms with van der Waals surface area (Å²) in [4.78, 5) is 9.56. The molecule has 0 fully saturated rings. The van der Waals surface area contributed by atoms with Gasteiger partial charge in [-0.3, -0.25) is 4.98 Å². The van der Waals surface area contributed by atoms with Crippen molar-refractivity contribution < 1.29 is 18.6 Å². The number of sulfone groups is 1. The number of rotatable bonds is 7. The number of pyridine rings is 2. The van der Waals surface area contributed by atoms with Gasteiger partial charge in [-0.1, -0.05) is 54.1 Å². The van der Waals surface area contributed by atoms with Crippen LogP contribution in [0.1, 0.15) is 18.1 Å². The Hall–Kier alpha value is -4.69. The van der Waals surface area contributed by atoms with Crippen LogP contribution in [0.3, 0.4) is 0 Å². The highest BCUT2D eigenvalue weighted by Gasteiger charge is 2.33. The third-order valence-electron chi connectivity index (χ3n) is 6.79. The minimum absolute atomic E-state index is 0.0765. The van der Waals surface area contributed by atoms with Crippen molar-refractivity contribution >= 4 is 21.2 Å². The van der Waals surface area contributed by atoms with Crippen LogP contribution in [-0.2, 0) is 9.84 Å². The Kier molecular flexibility index (Phi) is 7.28. The smallest absolute Gasteiger partial charge is 0.235 e. The standard InChI is InChI=1S/C32H29N3O4S/c1-4-35(25-11-6-5-7-12-25)29-28(24-10-8-9-21(2)19-24)34-32(37)31(30(29)36)40(38,39)26-15-13-23(14-16-26)27-17-18-33-20-22(27)3/h5-20H,4H2,1-3H3,(H2,34,36,37). The molecule has 2 heterocycles. The van der Waals surface area contributed by atoms with Gasteiger partial charge in [-0.2, -0.15) is 0 Å². The van der Waals surface area contributed by atoms with Crippen LogP contribution in [-0.4, -0.2) is 35.1 Å². The number of aromatic hydroxyl groups is 2. The van der Waals surface area contributed by atoms with E-state index in [9.17, 15) is 18.6 Å². The lowest BCUT2D eigenvalue weighted by atomic mass is 10.0. The van der Waals surface area contributed by atoms with E-state index in [2.05, 4.69) is 9.97 Å². The van der Waals surface area contributed by atoms with Crippen LogP contribution in [0, 0.1) is 13.8 Å². The van der Waals surface area contributed by atoms with Gasteiger partial charge >= 0.3 is 0 Å². The molecule has 202 valence electrons. The highest BCUT2D eigenvalue weighted by Crippen LogP contribution is 2.48. The molecular weight excluding hydrogens is 522 g/mol. The topological polar surface area (TPSA) is 104 Å². The first-order valence-electron chi connectivity index (χ1n) is 12.8. The van der Waals surface area contributed by atoms with E-state index in [4.69, 9.17) is 0 Å². The first kappa shape index (κ1) is 26.9. The molecule has 0 saturated carbocycles. The summed E-state index contributed by atoms with van der Waals surface area (Å²) >= 11 is 0. The zero-order valence-corrected chi connectivity index (χ0v) is 23.2. The summed E-state index contributed by atoms with van der Waals surface area (Å²) in [5, 5.41) is 22.7. The second-order valence-corrected chi connectivity index (χ2v) is 11.4. The quantitative estimate of drug-likeness (QED) is 0.228. The minimum Gasteiger partial charge on any atom is -0.504 e. The minimum atomic E-state index is -4.36. The third-order valence-corrected chi connectivity index (χ3v) is 8.60. The molecule has 0 saturated heterocycles. The van der Waals surface area contributed by atoms with Gasteiger partial charge in [0.05, 0.1) is 4.90 Å². The van der Waals surface area contributed by atoms with Crippen molar-refractivity contribution in [2.75, 3.05) is 11.4 Å². The van der Waals surface area contributed by atoms with Crippen LogP contribution in [0.2, 0.25) is 0 Å². The van der Waals surface area contributed by atoms with Crippen LogP contribution in [0.5, 0.6) is 11.6 Å². The average Bonchev–Trinajstić information content (AvgIpc) is 2.95. The second kappa shape index (κ2) is 10.8. The van der Waals surface area contributed by atoms with Crippen molar-refractivity contribution in [3.05, 3.63) is 108 Å². The molecule has 3 aromatic carbocycles. The van der Waals surface area contributed by atoms with E-state index < -0.39 is 26.4 Å². The molecular formula is C32H29N3O4S. The normalized spacial score (nSPS) is 11.4. The fourth-order valence-corrected chi connectivity index (χ4v) is 6.21. The molecule has 5 aromatic rings. The van der Waals surface area contributed by atoms with Gasteiger partial charge in [-0.05, 0) is 73.9 Å². The summed E-state index contributed by atoms with van der Waals surface area (Å²) in [6.07, 6.45) is 3.42. The van der Waals surface area contributed by atoms with E-state index >= 15 is 0 Å². The van der Waals surface area contributed by atoms with Gasteiger partial charge in [-0.15, -0.1) is 0 Å². The van der Waals surface area contributed by atoms with Crippen LogP contribution < -0.4 is 4.90 Å². The number of aromatic nitrogens is 2. The van der Waals surface area contributed by atoms with Crippen molar-refractivity contribution in [2.24, 2.45) is 0 Å². The third kappa shape index (κ3) is 4.89. The van der Waals surface area contributed by atoms with Crippen LogP contribution >= 0.6 is 0 Å². The number of hydrogen-bond donors (Lipinski definition) is 2. The van der Waals surface area contributed by atoms with Gasteiger partial charge in [0.15, 0.2) is 10.6 Å². The monoisotopic (exact) mass is 551 g/mol. The predicted molar refractivity (Wildman–Crippen MR) is 157 cm³/mol. The molecule has 0 atom stereocenters. The van der Waals surface area contributed by atoms with Crippen molar-refractivity contribution in [1.29, 1.82) is 0 Å². The van der Waals surface area contributed by atoms with Crippen molar-refractivity contribution in [1.82, 2.24) is 9.97 Å². The Balaban J connectivity index is 1.71. The Labute approximate surface area is 234 Å². The maximum atomic E-state index is 13.9. The molecule has 8 heteroatoms. The molecule has 0 bridgehead atoms. The molecule has 0 amide bonds. The zero-order valence-electron chi connectivity index (χ0n) is 22.4.